The molecule has 0 aliphatic heterocycles. The minimum atomic E-state index is -0.285. The molecule has 0 bridgehead atoms. The lowest BCUT2D eigenvalue weighted by Gasteiger charge is -2.17. The topological polar surface area (TPSA) is 32.3 Å². The molecule has 2 nitrogen and oxygen atoms in total. The van der Waals surface area contributed by atoms with Gasteiger partial charge in [-0.1, -0.05) is 50.1 Å². The minimum Gasteiger partial charge on any atom is -0.392 e. The van der Waals surface area contributed by atoms with Gasteiger partial charge in [0.25, 0.3) is 0 Å². The van der Waals surface area contributed by atoms with Crippen LogP contribution in [0.4, 0.5) is 0 Å². The number of aliphatic hydroxyl groups excluding tert-OH is 1. The largest absolute Gasteiger partial charge is 0.392 e. The van der Waals surface area contributed by atoms with Crippen molar-refractivity contribution in [3.05, 3.63) is 34.9 Å². The lowest BCUT2D eigenvalue weighted by Crippen LogP contribution is -2.31. The van der Waals surface area contributed by atoms with Crippen molar-refractivity contribution in [3.63, 3.8) is 0 Å². The summed E-state index contributed by atoms with van der Waals surface area (Å²) in [5.41, 5.74) is 1.07. The third kappa shape index (κ3) is 4.12. The van der Waals surface area contributed by atoms with Gasteiger partial charge in [-0.15, -0.1) is 0 Å². The average Bonchev–Trinajstić information content (AvgIpc) is 2.30. The summed E-state index contributed by atoms with van der Waals surface area (Å²) in [7, 11) is 0. The van der Waals surface area contributed by atoms with Gasteiger partial charge in [0, 0.05) is 18.1 Å². The zero-order chi connectivity index (χ0) is 12.0. The number of nitrogens with one attached hydrogen (secondary N) is 1. The van der Waals surface area contributed by atoms with E-state index < -0.39 is 0 Å². The third-order valence-electron chi connectivity index (χ3n) is 2.93. The summed E-state index contributed by atoms with van der Waals surface area (Å²) in [6, 6.07) is 7.75. The molecule has 3 heteroatoms. The summed E-state index contributed by atoms with van der Waals surface area (Å²) < 4.78 is 0. The van der Waals surface area contributed by atoms with Crippen molar-refractivity contribution in [1.29, 1.82) is 0 Å². The van der Waals surface area contributed by atoms with Crippen molar-refractivity contribution in [2.75, 3.05) is 6.54 Å². The molecule has 0 spiro atoms. The second kappa shape index (κ2) is 6.89. The number of benzene rings is 1. The fraction of sp³-hybridized carbons (Fsp3) is 0.538. The molecule has 0 aromatic heterocycles. The second-order valence-corrected chi connectivity index (χ2v) is 4.58. The standard InChI is InChI=1S/C13H20ClNO/c1-3-10(2)13(16)9-15-8-11-6-4-5-7-12(11)14/h4-7,10,13,15-16H,3,8-9H2,1-2H3. The van der Waals surface area contributed by atoms with Crippen LogP contribution in [-0.2, 0) is 6.54 Å². The monoisotopic (exact) mass is 241 g/mol. The van der Waals surface area contributed by atoms with Crippen molar-refractivity contribution in [2.24, 2.45) is 5.92 Å². The van der Waals surface area contributed by atoms with E-state index in [1.807, 2.05) is 24.3 Å². The van der Waals surface area contributed by atoms with Crippen molar-refractivity contribution in [1.82, 2.24) is 5.32 Å². The van der Waals surface area contributed by atoms with Gasteiger partial charge in [0.2, 0.25) is 0 Å². The molecule has 2 atom stereocenters. The highest BCUT2D eigenvalue weighted by molar-refractivity contribution is 6.31. The van der Waals surface area contributed by atoms with Gasteiger partial charge in [-0.05, 0) is 17.5 Å². The normalized spacial score (nSPS) is 14.8. The quantitative estimate of drug-likeness (QED) is 0.803. The summed E-state index contributed by atoms with van der Waals surface area (Å²) in [5.74, 6) is 0.332. The maximum absolute atomic E-state index is 9.77. The van der Waals surface area contributed by atoms with Crippen molar-refractivity contribution in [2.45, 2.75) is 32.9 Å². The van der Waals surface area contributed by atoms with Crippen LogP contribution in [0.25, 0.3) is 0 Å². The third-order valence-corrected chi connectivity index (χ3v) is 3.30. The SMILES string of the molecule is CCC(C)C(O)CNCc1ccccc1Cl. The van der Waals surface area contributed by atoms with E-state index in [9.17, 15) is 5.11 Å². The van der Waals surface area contributed by atoms with E-state index in [1.54, 1.807) is 0 Å². The molecule has 0 heterocycles. The van der Waals surface area contributed by atoms with Crippen molar-refractivity contribution in [3.8, 4) is 0 Å². The Bertz CT molecular complexity index is 317. The van der Waals surface area contributed by atoms with Gasteiger partial charge in [-0.3, -0.25) is 0 Å². The fourth-order valence-electron chi connectivity index (χ4n) is 1.47. The summed E-state index contributed by atoms with van der Waals surface area (Å²) in [6.07, 6.45) is 0.710. The summed E-state index contributed by atoms with van der Waals surface area (Å²) in [6.45, 7) is 5.46. The first-order valence-electron chi connectivity index (χ1n) is 5.77. The first-order chi connectivity index (χ1) is 7.65. The molecule has 0 aliphatic carbocycles. The van der Waals surface area contributed by atoms with Crippen molar-refractivity contribution >= 4 is 11.6 Å². The molecule has 0 saturated heterocycles. The van der Waals surface area contributed by atoms with E-state index in [4.69, 9.17) is 11.6 Å². The van der Waals surface area contributed by atoms with E-state index in [0.717, 1.165) is 17.0 Å². The van der Waals surface area contributed by atoms with Crippen LogP contribution in [0.2, 0.25) is 5.02 Å². The van der Waals surface area contributed by atoms with E-state index in [0.29, 0.717) is 19.0 Å². The Balaban J connectivity index is 2.33. The molecular weight excluding hydrogens is 222 g/mol. The van der Waals surface area contributed by atoms with E-state index in [-0.39, 0.29) is 6.10 Å². The second-order valence-electron chi connectivity index (χ2n) is 4.18. The minimum absolute atomic E-state index is 0.285. The van der Waals surface area contributed by atoms with Crippen LogP contribution in [0.5, 0.6) is 0 Å². The molecule has 1 aromatic carbocycles. The van der Waals surface area contributed by atoms with E-state index >= 15 is 0 Å². The molecule has 0 aliphatic rings. The Morgan fingerprint density at radius 3 is 2.69 bits per heavy atom. The lowest BCUT2D eigenvalue weighted by molar-refractivity contribution is 0.113. The number of halogens is 1. The number of hydrogen-bond acceptors (Lipinski definition) is 2. The Labute approximate surface area is 103 Å². The number of rotatable bonds is 6. The molecule has 1 aromatic rings. The van der Waals surface area contributed by atoms with Gasteiger partial charge in [0.15, 0.2) is 0 Å². The maximum Gasteiger partial charge on any atom is 0.0690 e. The zero-order valence-electron chi connectivity index (χ0n) is 9.91. The van der Waals surface area contributed by atoms with Crippen LogP contribution in [0, 0.1) is 5.92 Å². The molecule has 90 valence electrons. The average molecular weight is 242 g/mol. The van der Waals surface area contributed by atoms with Crippen LogP contribution >= 0.6 is 11.6 Å². The van der Waals surface area contributed by atoms with Gasteiger partial charge < -0.3 is 10.4 Å². The highest BCUT2D eigenvalue weighted by atomic mass is 35.5. The first-order valence-corrected chi connectivity index (χ1v) is 6.15. The number of hydrogen-bond donors (Lipinski definition) is 2. The molecule has 0 amide bonds. The van der Waals surface area contributed by atoms with Crippen LogP contribution in [0.15, 0.2) is 24.3 Å². The van der Waals surface area contributed by atoms with Crippen LogP contribution < -0.4 is 5.32 Å². The Hall–Kier alpha value is -0.570. The summed E-state index contributed by atoms with van der Waals surface area (Å²) in [4.78, 5) is 0. The molecule has 0 saturated carbocycles. The fourth-order valence-corrected chi connectivity index (χ4v) is 1.67. The van der Waals surface area contributed by atoms with Crippen LogP contribution in [0.3, 0.4) is 0 Å². The van der Waals surface area contributed by atoms with Crippen LogP contribution in [0.1, 0.15) is 25.8 Å². The Kier molecular flexibility index (Phi) is 5.81. The smallest absolute Gasteiger partial charge is 0.0690 e. The Morgan fingerprint density at radius 2 is 2.06 bits per heavy atom. The molecule has 2 unspecified atom stereocenters. The van der Waals surface area contributed by atoms with Gasteiger partial charge in [0.1, 0.15) is 0 Å². The Morgan fingerprint density at radius 1 is 1.38 bits per heavy atom. The van der Waals surface area contributed by atoms with E-state index in [2.05, 4.69) is 19.2 Å². The molecule has 2 N–H and O–H groups in total. The van der Waals surface area contributed by atoms with Gasteiger partial charge in [0.05, 0.1) is 6.10 Å². The summed E-state index contributed by atoms with van der Waals surface area (Å²) >= 11 is 6.03. The lowest BCUT2D eigenvalue weighted by atomic mass is 10.0. The first kappa shape index (κ1) is 13.5. The predicted molar refractivity (Wildman–Crippen MR) is 68.6 cm³/mol. The van der Waals surface area contributed by atoms with Crippen molar-refractivity contribution < 1.29 is 5.11 Å². The molecule has 1 rings (SSSR count). The van der Waals surface area contributed by atoms with Gasteiger partial charge in [-0.25, -0.2) is 0 Å². The van der Waals surface area contributed by atoms with Crippen LogP contribution in [-0.4, -0.2) is 17.8 Å². The van der Waals surface area contributed by atoms with E-state index in [1.165, 1.54) is 0 Å². The van der Waals surface area contributed by atoms with Gasteiger partial charge >= 0.3 is 0 Å². The molecule has 16 heavy (non-hydrogen) atoms. The molecule has 0 radical (unpaired) electrons. The van der Waals surface area contributed by atoms with Gasteiger partial charge in [-0.2, -0.15) is 0 Å². The number of aliphatic hydroxyl groups is 1. The predicted octanol–water partition coefficient (Wildman–Crippen LogP) is 2.84. The molecule has 0 fully saturated rings. The zero-order valence-corrected chi connectivity index (χ0v) is 10.7. The summed E-state index contributed by atoms with van der Waals surface area (Å²) in [5, 5.41) is 13.8. The highest BCUT2D eigenvalue weighted by Gasteiger charge is 2.11. The maximum atomic E-state index is 9.77. The highest BCUT2D eigenvalue weighted by Crippen LogP contribution is 2.14. The molecular formula is C13H20ClNO.